The Morgan fingerprint density at radius 3 is 2.57 bits per heavy atom. The summed E-state index contributed by atoms with van der Waals surface area (Å²) in [5.41, 5.74) is 1.99. The van der Waals surface area contributed by atoms with E-state index in [4.69, 9.17) is 4.74 Å². The van der Waals surface area contributed by atoms with Gasteiger partial charge in [-0.25, -0.2) is 9.48 Å². The highest BCUT2D eigenvalue weighted by atomic mass is 16.5. The Hall–Kier alpha value is -3.26. The van der Waals surface area contributed by atoms with Gasteiger partial charge in [0, 0.05) is 28.4 Å². The number of rotatable bonds is 7. The summed E-state index contributed by atoms with van der Waals surface area (Å²) in [4.78, 5) is 37.9. The Bertz CT molecular complexity index is 1200. The molecular formula is C22H23N3O5. The average Bonchev–Trinajstić information content (AvgIpc) is 3.52. The summed E-state index contributed by atoms with van der Waals surface area (Å²) in [5.74, 6) is -1.07. The van der Waals surface area contributed by atoms with Gasteiger partial charge in [-0.15, -0.1) is 0 Å². The fourth-order valence-corrected chi connectivity index (χ4v) is 3.86. The largest absolute Gasteiger partial charge is 0.452 e. The average molecular weight is 409 g/mol. The maximum Gasteiger partial charge on any atom is 0.359 e. The van der Waals surface area contributed by atoms with Gasteiger partial charge >= 0.3 is 5.97 Å². The molecule has 0 radical (unpaired) electrons. The first-order valence-electron chi connectivity index (χ1n) is 9.92. The predicted octanol–water partition coefficient (Wildman–Crippen LogP) is 2.18. The van der Waals surface area contributed by atoms with Crippen molar-refractivity contribution in [1.29, 1.82) is 0 Å². The Balaban J connectivity index is 1.58. The van der Waals surface area contributed by atoms with Crippen LogP contribution >= 0.6 is 0 Å². The molecule has 0 unspecified atom stereocenters. The van der Waals surface area contributed by atoms with Gasteiger partial charge in [0.1, 0.15) is 0 Å². The van der Waals surface area contributed by atoms with Gasteiger partial charge in [0.2, 0.25) is 5.78 Å². The number of aromatic nitrogens is 3. The second-order valence-electron chi connectivity index (χ2n) is 7.53. The molecule has 0 amide bonds. The van der Waals surface area contributed by atoms with E-state index in [-0.39, 0.29) is 24.6 Å². The Labute approximate surface area is 172 Å². The third kappa shape index (κ3) is 3.54. The minimum absolute atomic E-state index is 0.0456. The SMILES string of the molecule is Cc1cc(C(=O)COC(=O)c2nn(CCO)c(=O)c3ccccc23)c(C)n1C1CC1. The topological polar surface area (TPSA) is 103 Å². The number of aliphatic hydroxyl groups excluding tert-OH is 1. The molecule has 1 N–H and O–H groups in total. The molecule has 4 rings (SSSR count). The van der Waals surface area contributed by atoms with Crippen LogP contribution in [-0.2, 0) is 11.3 Å². The first-order chi connectivity index (χ1) is 14.4. The molecule has 1 saturated carbocycles. The number of ether oxygens (including phenoxy) is 1. The molecule has 1 aliphatic rings. The van der Waals surface area contributed by atoms with E-state index in [2.05, 4.69) is 9.67 Å². The predicted molar refractivity (Wildman–Crippen MR) is 110 cm³/mol. The number of benzene rings is 1. The van der Waals surface area contributed by atoms with Gasteiger partial charge in [0.05, 0.1) is 18.5 Å². The molecule has 2 heterocycles. The van der Waals surface area contributed by atoms with Gasteiger partial charge in [0.15, 0.2) is 12.3 Å². The number of ketones is 1. The van der Waals surface area contributed by atoms with Gasteiger partial charge in [-0.1, -0.05) is 18.2 Å². The minimum Gasteiger partial charge on any atom is -0.452 e. The van der Waals surface area contributed by atoms with E-state index >= 15 is 0 Å². The molecule has 1 aromatic carbocycles. The monoisotopic (exact) mass is 409 g/mol. The number of aryl methyl sites for hydroxylation is 1. The lowest BCUT2D eigenvalue weighted by molar-refractivity contribution is 0.0468. The van der Waals surface area contributed by atoms with Crippen LogP contribution in [0.1, 0.15) is 51.1 Å². The molecule has 0 aliphatic heterocycles. The zero-order chi connectivity index (χ0) is 21.4. The van der Waals surface area contributed by atoms with E-state index in [1.165, 1.54) is 0 Å². The fraction of sp³-hybridized carbons (Fsp3) is 0.364. The molecule has 8 heteroatoms. The third-order valence-corrected chi connectivity index (χ3v) is 5.40. The highest BCUT2D eigenvalue weighted by Crippen LogP contribution is 2.38. The van der Waals surface area contributed by atoms with E-state index in [0.717, 1.165) is 28.9 Å². The van der Waals surface area contributed by atoms with E-state index in [0.29, 0.717) is 22.4 Å². The van der Waals surface area contributed by atoms with Gasteiger partial charge in [-0.3, -0.25) is 9.59 Å². The second kappa shape index (κ2) is 7.87. The quantitative estimate of drug-likeness (QED) is 0.474. The van der Waals surface area contributed by atoms with Crippen LogP contribution < -0.4 is 5.56 Å². The van der Waals surface area contributed by atoms with Gasteiger partial charge in [-0.05, 0) is 38.8 Å². The first-order valence-corrected chi connectivity index (χ1v) is 9.92. The summed E-state index contributed by atoms with van der Waals surface area (Å²) in [6.45, 7) is 3.11. The Morgan fingerprint density at radius 1 is 1.20 bits per heavy atom. The summed E-state index contributed by atoms with van der Waals surface area (Å²) < 4.78 is 8.46. The maximum absolute atomic E-state index is 12.7. The molecule has 156 valence electrons. The molecule has 0 atom stereocenters. The van der Waals surface area contributed by atoms with Crippen LogP contribution in [0.4, 0.5) is 0 Å². The molecule has 8 nitrogen and oxygen atoms in total. The van der Waals surface area contributed by atoms with Crippen LogP contribution in [0.5, 0.6) is 0 Å². The molecule has 2 aromatic heterocycles. The number of hydrogen-bond acceptors (Lipinski definition) is 6. The lowest BCUT2D eigenvalue weighted by atomic mass is 10.1. The summed E-state index contributed by atoms with van der Waals surface area (Å²) in [6.07, 6.45) is 2.22. The highest BCUT2D eigenvalue weighted by molar-refractivity contribution is 6.04. The van der Waals surface area contributed by atoms with Crippen molar-refractivity contribution in [3.8, 4) is 0 Å². The third-order valence-electron chi connectivity index (χ3n) is 5.40. The molecule has 0 spiro atoms. The first kappa shape index (κ1) is 20.0. The van der Waals surface area contributed by atoms with Crippen LogP contribution in [0.3, 0.4) is 0 Å². The minimum atomic E-state index is -0.790. The van der Waals surface area contributed by atoms with E-state index < -0.39 is 18.1 Å². The number of hydrogen-bond donors (Lipinski definition) is 1. The Morgan fingerprint density at radius 2 is 1.90 bits per heavy atom. The summed E-state index contributed by atoms with van der Waals surface area (Å²) in [6, 6.07) is 8.85. The van der Waals surface area contributed by atoms with E-state index in [1.54, 1.807) is 24.3 Å². The van der Waals surface area contributed by atoms with Crippen LogP contribution in [0, 0.1) is 13.8 Å². The maximum atomic E-state index is 12.7. The number of esters is 1. The van der Waals surface area contributed by atoms with E-state index in [9.17, 15) is 19.5 Å². The van der Waals surface area contributed by atoms with Crippen molar-refractivity contribution in [1.82, 2.24) is 14.3 Å². The molecule has 3 aromatic rings. The summed E-state index contributed by atoms with van der Waals surface area (Å²) in [7, 11) is 0. The van der Waals surface area contributed by atoms with Crippen molar-refractivity contribution in [2.75, 3.05) is 13.2 Å². The zero-order valence-corrected chi connectivity index (χ0v) is 16.9. The number of carbonyl (C=O) groups is 2. The van der Waals surface area contributed by atoms with Crippen molar-refractivity contribution in [3.05, 3.63) is 63.3 Å². The zero-order valence-electron chi connectivity index (χ0n) is 16.9. The van der Waals surface area contributed by atoms with Crippen molar-refractivity contribution < 1.29 is 19.4 Å². The summed E-state index contributed by atoms with van der Waals surface area (Å²) >= 11 is 0. The van der Waals surface area contributed by atoms with E-state index in [1.807, 2.05) is 19.9 Å². The van der Waals surface area contributed by atoms with Gasteiger partial charge < -0.3 is 14.4 Å². The van der Waals surface area contributed by atoms with Gasteiger partial charge in [0.25, 0.3) is 5.56 Å². The number of aliphatic hydroxyl groups is 1. The molecule has 30 heavy (non-hydrogen) atoms. The van der Waals surface area contributed by atoms with Crippen molar-refractivity contribution in [3.63, 3.8) is 0 Å². The van der Waals surface area contributed by atoms with Crippen molar-refractivity contribution >= 4 is 22.5 Å². The van der Waals surface area contributed by atoms with Gasteiger partial charge in [-0.2, -0.15) is 5.10 Å². The normalized spacial score (nSPS) is 13.6. The van der Waals surface area contributed by atoms with Crippen LogP contribution in [0.2, 0.25) is 0 Å². The van der Waals surface area contributed by atoms with Crippen LogP contribution in [0.15, 0.2) is 35.1 Å². The molecule has 1 aliphatic carbocycles. The summed E-state index contributed by atoms with van der Waals surface area (Å²) in [5, 5.41) is 13.9. The lowest BCUT2D eigenvalue weighted by Crippen LogP contribution is -2.28. The number of carbonyl (C=O) groups excluding carboxylic acids is 2. The molecular weight excluding hydrogens is 386 g/mol. The molecule has 0 bridgehead atoms. The van der Waals surface area contributed by atoms with Crippen molar-refractivity contribution in [2.45, 2.75) is 39.3 Å². The smallest absolute Gasteiger partial charge is 0.359 e. The highest BCUT2D eigenvalue weighted by Gasteiger charge is 2.28. The van der Waals surface area contributed by atoms with Crippen LogP contribution in [0.25, 0.3) is 10.8 Å². The fourth-order valence-electron chi connectivity index (χ4n) is 3.86. The second-order valence-corrected chi connectivity index (χ2v) is 7.53. The van der Waals surface area contributed by atoms with Crippen molar-refractivity contribution in [2.24, 2.45) is 0 Å². The van der Waals surface area contributed by atoms with Crippen LogP contribution in [-0.4, -0.2) is 44.4 Å². The number of Topliss-reactive ketones (excluding diaryl/α,β-unsaturated/α-hetero) is 1. The molecule has 1 fully saturated rings. The molecule has 0 saturated heterocycles. The number of fused-ring (bicyclic) bond motifs is 1. The standard InChI is InChI=1S/C22H23N3O5/c1-13-11-18(14(2)25(13)15-7-8-15)19(27)12-30-22(29)20-16-5-3-4-6-17(16)21(28)24(23-20)9-10-26/h3-6,11,15,26H,7-10,12H2,1-2H3. The Kier molecular flexibility index (Phi) is 5.26. The number of nitrogens with zero attached hydrogens (tertiary/aromatic N) is 3. The lowest BCUT2D eigenvalue weighted by Gasteiger charge is -2.10.